The van der Waals surface area contributed by atoms with Crippen molar-refractivity contribution >= 4 is 29.3 Å². The molecule has 120 valence electrons. The molecule has 0 aliphatic heterocycles. The molecule has 21 heavy (non-hydrogen) atoms. The highest BCUT2D eigenvalue weighted by molar-refractivity contribution is 7.99. The molecule has 4 nitrogen and oxygen atoms in total. The maximum absolute atomic E-state index is 6.04. The molecule has 1 rings (SSSR count). The number of aryl methyl sites for hydroxylation is 1. The van der Waals surface area contributed by atoms with Crippen LogP contribution in [0.25, 0.3) is 0 Å². The third-order valence-corrected chi connectivity index (χ3v) is 4.77. The maximum Gasteiger partial charge on any atom is 0.194 e. The van der Waals surface area contributed by atoms with E-state index in [0.717, 1.165) is 36.3 Å². The molecule has 0 bridgehead atoms. The monoisotopic (exact) mass is 330 g/mol. The quantitative estimate of drug-likeness (QED) is 0.642. The number of rotatable bonds is 6. The van der Waals surface area contributed by atoms with Crippen LogP contribution in [0, 0.1) is 0 Å². The first-order chi connectivity index (χ1) is 9.79. The van der Waals surface area contributed by atoms with E-state index in [-0.39, 0.29) is 4.75 Å². The lowest BCUT2D eigenvalue weighted by atomic mass is 10.2. The summed E-state index contributed by atoms with van der Waals surface area (Å²) in [4.78, 5) is 6.89. The van der Waals surface area contributed by atoms with E-state index in [1.54, 1.807) is 0 Å². The van der Waals surface area contributed by atoms with Crippen molar-refractivity contribution in [1.29, 1.82) is 0 Å². The van der Waals surface area contributed by atoms with Gasteiger partial charge < -0.3 is 14.8 Å². The summed E-state index contributed by atoms with van der Waals surface area (Å²) in [5, 5.41) is 4.12. The van der Waals surface area contributed by atoms with Crippen molar-refractivity contribution in [2.45, 2.75) is 32.1 Å². The molecule has 1 aromatic heterocycles. The van der Waals surface area contributed by atoms with E-state index < -0.39 is 0 Å². The fraction of sp³-hybridized carbons (Fsp3) is 0.667. The summed E-state index contributed by atoms with van der Waals surface area (Å²) in [7, 11) is 4.06. The highest BCUT2D eigenvalue weighted by Crippen LogP contribution is 2.21. The number of hydrogen-bond donors (Lipinski definition) is 1. The third kappa shape index (κ3) is 5.83. The lowest BCUT2D eigenvalue weighted by Gasteiger charge is -2.25. The minimum atomic E-state index is 0.149. The number of aliphatic imine (C=N–C) groups is 1. The Hall–Kier alpha value is -0.810. The van der Waals surface area contributed by atoms with Gasteiger partial charge in [0, 0.05) is 37.3 Å². The molecular weight excluding hydrogens is 304 g/mol. The molecule has 1 heterocycles. The number of nitrogens with zero attached hydrogens (tertiary/aromatic N) is 3. The van der Waals surface area contributed by atoms with Crippen molar-refractivity contribution in [2.24, 2.45) is 12.0 Å². The minimum Gasteiger partial charge on any atom is -0.357 e. The van der Waals surface area contributed by atoms with Crippen LogP contribution in [0.5, 0.6) is 0 Å². The van der Waals surface area contributed by atoms with Gasteiger partial charge in [-0.15, -0.1) is 0 Å². The second-order valence-corrected chi connectivity index (χ2v) is 7.70. The van der Waals surface area contributed by atoms with Crippen molar-refractivity contribution in [1.82, 2.24) is 14.8 Å². The van der Waals surface area contributed by atoms with Crippen LogP contribution in [0.1, 0.15) is 26.5 Å². The molecule has 0 radical (unpaired) electrons. The van der Waals surface area contributed by atoms with Crippen molar-refractivity contribution in [3.8, 4) is 0 Å². The summed E-state index contributed by atoms with van der Waals surface area (Å²) >= 11 is 7.88. The zero-order chi connectivity index (χ0) is 16.0. The van der Waals surface area contributed by atoms with E-state index in [9.17, 15) is 0 Å². The summed E-state index contributed by atoms with van der Waals surface area (Å²) < 4.78 is 2.20. The van der Waals surface area contributed by atoms with Gasteiger partial charge in [0.1, 0.15) is 0 Å². The number of hydrogen-bond acceptors (Lipinski definition) is 2. The predicted octanol–water partition coefficient (Wildman–Crippen LogP) is 3.22. The SMILES string of the molecule is CCNC(=NCC(C)(C)SC)N(C)Cc1cc(Cl)cn1C. The topological polar surface area (TPSA) is 32.6 Å². The summed E-state index contributed by atoms with van der Waals surface area (Å²) in [5.41, 5.74) is 1.16. The van der Waals surface area contributed by atoms with Crippen molar-refractivity contribution < 1.29 is 0 Å². The van der Waals surface area contributed by atoms with Gasteiger partial charge in [0.05, 0.1) is 18.1 Å². The average Bonchev–Trinajstić information content (AvgIpc) is 2.72. The Morgan fingerprint density at radius 2 is 2.19 bits per heavy atom. The Balaban J connectivity index is 2.79. The van der Waals surface area contributed by atoms with E-state index in [1.807, 2.05) is 35.6 Å². The van der Waals surface area contributed by atoms with Gasteiger partial charge in [-0.25, -0.2) is 0 Å². The predicted molar refractivity (Wildman–Crippen MR) is 95.5 cm³/mol. The van der Waals surface area contributed by atoms with Gasteiger partial charge in [0.2, 0.25) is 0 Å². The first kappa shape index (κ1) is 18.2. The zero-order valence-corrected chi connectivity index (χ0v) is 15.5. The Bertz CT molecular complexity index is 482. The highest BCUT2D eigenvalue weighted by Gasteiger charge is 2.16. The Morgan fingerprint density at radius 1 is 1.52 bits per heavy atom. The Kier molecular flexibility index (Phi) is 6.94. The number of nitrogens with one attached hydrogen (secondary N) is 1. The van der Waals surface area contributed by atoms with Gasteiger partial charge in [-0.05, 0) is 33.1 Å². The summed E-state index contributed by atoms with van der Waals surface area (Å²) in [6, 6.07) is 1.99. The lowest BCUT2D eigenvalue weighted by Crippen LogP contribution is -2.39. The summed E-state index contributed by atoms with van der Waals surface area (Å²) in [6.45, 7) is 8.92. The number of halogens is 1. The average molecular weight is 331 g/mol. The van der Waals surface area contributed by atoms with Gasteiger partial charge in [0.25, 0.3) is 0 Å². The van der Waals surface area contributed by atoms with Crippen LogP contribution >= 0.6 is 23.4 Å². The third-order valence-electron chi connectivity index (χ3n) is 3.33. The molecule has 0 aliphatic rings. The van der Waals surface area contributed by atoms with E-state index in [0.29, 0.717) is 0 Å². The van der Waals surface area contributed by atoms with E-state index in [1.165, 1.54) is 0 Å². The Labute approximate surface area is 137 Å². The molecular formula is C15H27ClN4S. The molecule has 0 spiro atoms. The molecule has 0 saturated heterocycles. The highest BCUT2D eigenvalue weighted by atomic mass is 35.5. The second kappa shape index (κ2) is 7.99. The van der Waals surface area contributed by atoms with Crippen LogP contribution < -0.4 is 5.32 Å². The number of thioether (sulfide) groups is 1. The minimum absolute atomic E-state index is 0.149. The van der Waals surface area contributed by atoms with Gasteiger partial charge in [-0.3, -0.25) is 4.99 Å². The van der Waals surface area contributed by atoms with Gasteiger partial charge >= 0.3 is 0 Å². The van der Waals surface area contributed by atoms with E-state index >= 15 is 0 Å². The molecule has 0 aromatic carbocycles. The van der Waals surface area contributed by atoms with Gasteiger partial charge in [-0.2, -0.15) is 11.8 Å². The molecule has 0 aliphatic carbocycles. The summed E-state index contributed by atoms with van der Waals surface area (Å²) in [6.07, 6.45) is 4.05. The van der Waals surface area contributed by atoms with Gasteiger partial charge in [-0.1, -0.05) is 11.6 Å². The van der Waals surface area contributed by atoms with Crippen LogP contribution in [0.4, 0.5) is 0 Å². The standard InChI is InChI=1S/C15H27ClN4S/c1-7-17-14(18-11-15(2,3)21-6)20(5)10-13-8-12(16)9-19(13)4/h8-9H,7,10-11H2,1-6H3,(H,17,18). The second-order valence-electron chi connectivity index (χ2n) is 5.75. The zero-order valence-electron chi connectivity index (χ0n) is 13.9. The van der Waals surface area contributed by atoms with Crippen LogP contribution in [-0.2, 0) is 13.6 Å². The van der Waals surface area contributed by atoms with Crippen molar-refractivity contribution in [3.63, 3.8) is 0 Å². The van der Waals surface area contributed by atoms with Crippen LogP contribution in [0.3, 0.4) is 0 Å². The Morgan fingerprint density at radius 3 is 2.67 bits per heavy atom. The normalized spacial score (nSPS) is 12.6. The van der Waals surface area contributed by atoms with Crippen LogP contribution in [0.15, 0.2) is 17.3 Å². The molecule has 0 fully saturated rings. The van der Waals surface area contributed by atoms with E-state index in [2.05, 4.69) is 44.3 Å². The van der Waals surface area contributed by atoms with Crippen molar-refractivity contribution in [3.05, 3.63) is 23.0 Å². The summed E-state index contributed by atoms with van der Waals surface area (Å²) in [5.74, 6) is 0.928. The van der Waals surface area contributed by atoms with Crippen molar-refractivity contribution in [2.75, 3.05) is 26.4 Å². The first-order valence-electron chi connectivity index (χ1n) is 7.14. The molecule has 1 aromatic rings. The molecule has 0 amide bonds. The number of aromatic nitrogens is 1. The maximum atomic E-state index is 6.04. The largest absolute Gasteiger partial charge is 0.357 e. The first-order valence-corrected chi connectivity index (χ1v) is 8.74. The fourth-order valence-corrected chi connectivity index (χ4v) is 2.31. The van der Waals surface area contributed by atoms with Gasteiger partial charge in [0.15, 0.2) is 5.96 Å². The van der Waals surface area contributed by atoms with Crippen LogP contribution in [-0.4, -0.2) is 46.6 Å². The molecule has 6 heteroatoms. The molecule has 1 N–H and O–H groups in total. The van der Waals surface area contributed by atoms with E-state index in [4.69, 9.17) is 16.6 Å². The number of guanidine groups is 1. The molecule has 0 atom stereocenters. The fourth-order valence-electron chi connectivity index (χ4n) is 1.84. The van der Waals surface area contributed by atoms with Crippen LogP contribution in [0.2, 0.25) is 5.02 Å². The lowest BCUT2D eigenvalue weighted by molar-refractivity contribution is 0.460. The molecule has 0 saturated carbocycles. The smallest absolute Gasteiger partial charge is 0.194 e. The molecule has 0 unspecified atom stereocenters.